The van der Waals surface area contributed by atoms with E-state index in [1.165, 1.54) is 5.56 Å². The van der Waals surface area contributed by atoms with Crippen molar-refractivity contribution in [1.82, 2.24) is 24.6 Å². The van der Waals surface area contributed by atoms with Crippen LogP contribution in [0.5, 0.6) is 0 Å². The maximum atomic E-state index is 12.1. The van der Waals surface area contributed by atoms with Crippen molar-refractivity contribution in [3.05, 3.63) is 70.4 Å². The van der Waals surface area contributed by atoms with Crippen LogP contribution in [0.3, 0.4) is 0 Å². The zero-order chi connectivity index (χ0) is 20.2. The average Bonchev–Trinajstić information content (AvgIpc) is 3.19. The van der Waals surface area contributed by atoms with Gasteiger partial charge < -0.3 is 9.72 Å². The van der Waals surface area contributed by atoms with Crippen molar-refractivity contribution in [1.29, 1.82) is 0 Å². The first kappa shape index (κ1) is 19.5. The summed E-state index contributed by atoms with van der Waals surface area (Å²) in [6.45, 7) is 7.71. The predicted octanol–water partition coefficient (Wildman–Crippen LogP) is 2.49. The molecule has 2 aromatic heterocycles. The number of aryl methyl sites for hydroxylation is 2. The third-order valence-corrected chi connectivity index (χ3v) is 5.08. The molecule has 0 bridgehead atoms. The largest absolute Gasteiger partial charge is 0.373 e. The van der Waals surface area contributed by atoms with Gasteiger partial charge in [-0.25, -0.2) is 4.98 Å². The number of morpholine rings is 1. The molecule has 4 rings (SSSR count). The molecule has 0 saturated carbocycles. The highest BCUT2D eigenvalue weighted by molar-refractivity contribution is 5.55. The van der Waals surface area contributed by atoms with Gasteiger partial charge in [-0.2, -0.15) is 5.10 Å². The Labute approximate surface area is 170 Å². The van der Waals surface area contributed by atoms with Crippen molar-refractivity contribution >= 4 is 0 Å². The van der Waals surface area contributed by atoms with E-state index in [9.17, 15) is 4.79 Å². The minimum atomic E-state index is -0.133. The van der Waals surface area contributed by atoms with Gasteiger partial charge in [0.05, 0.1) is 17.9 Å². The van der Waals surface area contributed by atoms with Crippen molar-refractivity contribution < 1.29 is 4.74 Å². The molecule has 0 radical (unpaired) electrons. The standard InChI is InChI=1S/C22H27N5O2/c1-16-13-26(14-17(2)29-16)15-18-4-6-19(7-5-18)22-24-20(12-21(28)25-22)8-11-27-10-3-9-23-27/h3-7,9-10,12,16-17H,8,11,13-15H2,1-2H3,(H,24,25,28)/t16-,17+. The molecule has 7 heteroatoms. The fourth-order valence-electron chi connectivity index (χ4n) is 3.87. The first-order valence-electron chi connectivity index (χ1n) is 10.1. The number of benzene rings is 1. The first-order chi connectivity index (χ1) is 14.0. The number of hydrogen-bond acceptors (Lipinski definition) is 5. The zero-order valence-electron chi connectivity index (χ0n) is 16.9. The Bertz CT molecular complexity index is 971. The van der Waals surface area contributed by atoms with Gasteiger partial charge in [0.2, 0.25) is 0 Å². The number of rotatable bonds is 6. The average molecular weight is 393 g/mol. The summed E-state index contributed by atoms with van der Waals surface area (Å²) >= 11 is 0. The smallest absolute Gasteiger partial charge is 0.251 e. The summed E-state index contributed by atoms with van der Waals surface area (Å²) in [4.78, 5) is 22.0. The molecule has 1 aromatic carbocycles. The molecule has 1 aliphatic heterocycles. The number of nitrogens with one attached hydrogen (secondary N) is 1. The summed E-state index contributed by atoms with van der Waals surface area (Å²) in [5.74, 6) is 0.605. The Morgan fingerprint density at radius 1 is 1.17 bits per heavy atom. The molecule has 1 saturated heterocycles. The summed E-state index contributed by atoms with van der Waals surface area (Å²) in [7, 11) is 0. The Morgan fingerprint density at radius 2 is 1.93 bits per heavy atom. The quantitative estimate of drug-likeness (QED) is 0.696. The zero-order valence-corrected chi connectivity index (χ0v) is 16.9. The van der Waals surface area contributed by atoms with E-state index in [1.807, 2.05) is 29.1 Å². The van der Waals surface area contributed by atoms with Crippen molar-refractivity contribution in [2.24, 2.45) is 0 Å². The summed E-state index contributed by atoms with van der Waals surface area (Å²) in [5.41, 5.74) is 2.79. The van der Waals surface area contributed by atoms with E-state index in [1.54, 1.807) is 12.3 Å². The molecule has 3 heterocycles. The number of H-pyrrole nitrogens is 1. The van der Waals surface area contributed by atoms with E-state index < -0.39 is 0 Å². The molecule has 2 atom stereocenters. The number of aromatic nitrogens is 4. The lowest BCUT2D eigenvalue weighted by Gasteiger charge is -2.35. The predicted molar refractivity (Wildman–Crippen MR) is 112 cm³/mol. The van der Waals surface area contributed by atoms with Crippen LogP contribution < -0.4 is 5.56 Å². The molecule has 1 aliphatic rings. The molecule has 0 spiro atoms. The molecule has 1 N–H and O–H groups in total. The molecule has 0 aliphatic carbocycles. The van der Waals surface area contributed by atoms with Crippen molar-refractivity contribution in [3.8, 4) is 11.4 Å². The van der Waals surface area contributed by atoms with E-state index in [0.717, 1.165) is 30.9 Å². The van der Waals surface area contributed by atoms with E-state index in [0.29, 0.717) is 18.8 Å². The molecule has 1 fully saturated rings. The van der Waals surface area contributed by atoms with Crippen LogP contribution in [0.1, 0.15) is 25.1 Å². The molecule has 0 amide bonds. The maximum absolute atomic E-state index is 12.1. The third kappa shape index (κ3) is 5.19. The van der Waals surface area contributed by atoms with Gasteiger partial charge in [-0.3, -0.25) is 14.4 Å². The number of hydrogen-bond donors (Lipinski definition) is 1. The van der Waals surface area contributed by atoms with Crippen LogP contribution in [0.25, 0.3) is 11.4 Å². The number of ether oxygens (including phenoxy) is 1. The van der Waals surface area contributed by atoms with Gasteiger partial charge in [-0.05, 0) is 25.5 Å². The highest BCUT2D eigenvalue weighted by Gasteiger charge is 2.22. The van der Waals surface area contributed by atoms with E-state index >= 15 is 0 Å². The third-order valence-electron chi connectivity index (χ3n) is 5.08. The second-order valence-corrected chi connectivity index (χ2v) is 7.75. The van der Waals surface area contributed by atoms with Crippen LogP contribution in [0.2, 0.25) is 0 Å². The fraction of sp³-hybridized carbons (Fsp3) is 0.409. The summed E-state index contributed by atoms with van der Waals surface area (Å²) < 4.78 is 7.65. The molecular formula is C22H27N5O2. The van der Waals surface area contributed by atoms with Gasteiger partial charge in [0.15, 0.2) is 0 Å². The highest BCUT2D eigenvalue weighted by atomic mass is 16.5. The second-order valence-electron chi connectivity index (χ2n) is 7.75. The maximum Gasteiger partial charge on any atom is 0.251 e. The summed E-state index contributed by atoms with van der Waals surface area (Å²) in [5, 5.41) is 4.19. The van der Waals surface area contributed by atoms with Gasteiger partial charge in [-0.15, -0.1) is 0 Å². The molecule has 152 valence electrons. The van der Waals surface area contributed by atoms with Crippen molar-refractivity contribution in [2.75, 3.05) is 13.1 Å². The second kappa shape index (κ2) is 8.71. The monoisotopic (exact) mass is 393 g/mol. The van der Waals surface area contributed by atoms with Gasteiger partial charge in [0, 0.05) is 56.6 Å². The van der Waals surface area contributed by atoms with Gasteiger partial charge in [-0.1, -0.05) is 24.3 Å². The molecule has 0 unspecified atom stereocenters. The Hall–Kier alpha value is -2.77. The fourth-order valence-corrected chi connectivity index (χ4v) is 3.87. The van der Waals surface area contributed by atoms with E-state index in [4.69, 9.17) is 4.74 Å². The number of aromatic amines is 1. The van der Waals surface area contributed by atoms with Gasteiger partial charge in [0.25, 0.3) is 5.56 Å². The Balaban J connectivity index is 1.45. The molecular weight excluding hydrogens is 366 g/mol. The van der Waals surface area contributed by atoms with Crippen LogP contribution >= 0.6 is 0 Å². The van der Waals surface area contributed by atoms with Crippen LogP contribution in [-0.4, -0.2) is 49.9 Å². The van der Waals surface area contributed by atoms with E-state index in [2.05, 4.69) is 45.9 Å². The van der Waals surface area contributed by atoms with Crippen molar-refractivity contribution in [3.63, 3.8) is 0 Å². The lowest BCUT2D eigenvalue weighted by Crippen LogP contribution is -2.44. The van der Waals surface area contributed by atoms with Crippen LogP contribution in [0.4, 0.5) is 0 Å². The number of nitrogens with zero attached hydrogens (tertiary/aromatic N) is 4. The minimum absolute atomic E-state index is 0.133. The molecule has 29 heavy (non-hydrogen) atoms. The summed E-state index contributed by atoms with van der Waals surface area (Å²) in [6, 6.07) is 11.7. The van der Waals surface area contributed by atoms with Crippen LogP contribution in [-0.2, 0) is 24.2 Å². The van der Waals surface area contributed by atoms with Crippen LogP contribution in [0.15, 0.2) is 53.6 Å². The van der Waals surface area contributed by atoms with Gasteiger partial charge >= 0.3 is 0 Å². The molecule has 3 aromatic rings. The first-order valence-corrected chi connectivity index (χ1v) is 10.1. The van der Waals surface area contributed by atoms with Crippen LogP contribution in [0, 0.1) is 0 Å². The topological polar surface area (TPSA) is 76.0 Å². The summed E-state index contributed by atoms with van der Waals surface area (Å²) in [6.07, 6.45) is 4.83. The highest BCUT2D eigenvalue weighted by Crippen LogP contribution is 2.18. The SMILES string of the molecule is C[C@@H]1CN(Cc2ccc(-c3nc(CCn4cccn4)cc(=O)[nH]3)cc2)C[C@H](C)O1. The Kier molecular flexibility index (Phi) is 5.87. The van der Waals surface area contributed by atoms with E-state index in [-0.39, 0.29) is 17.8 Å². The van der Waals surface area contributed by atoms with Crippen molar-refractivity contribution in [2.45, 2.75) is 45.6 Å². The Morgan fingerprint density at radius 3 is 2.62 bits per heavy atom. The molecule has 7 nitrogen and oxygen atoms in total. The minimum Gasteiger partial charge on any atom is -0.373 e. The lowest BCUT2D eigenvalue weighted by atomic mass is 10.1. The normalized spacial score (nSPS) is 20.1. The lowest BCUT2D eigenvalue weighted by molar-refractivity contribution is -0.0704. The van der Waals surface area contributed by atoms with Gasteiger partial charge in [0.1, 0.15) is 5.82 Å².